The quantitative estimate of drug-likeness (QED) is 0.179. The molecule has 0 amide bonds. The van der Waals surface area contributed by atoms with Gasteiger partial charge in [-0.15, -0.1) is 6.58 Å². The molecule has 5 heteroatoms. The predicted octanol–water partition coefficient (Wildman–Crippen LogP) is 7.99. The van der Waals surface area contributed by atoms with E-state index in [0.717, 1.165) is 48.5 Å². The molecule has 3 aliphatic rings. The minimum atomic E-state index is 0.104. The van der Waals surface area contributed by atoms with E-state index in [4.69, 9.17) is 15.1 Å². The van der Waals surface area contributed by atoms with E-state index in [1.165, 1.54) is 41.5 Å². The Bertz CT molecular complexity index is 1220. The van der Waals surface area contributed by atoms with Crippen LogP contribution in [-0.2, 0) is 13.0 Å². The summed E-state index contributed by atoms with van der Waals surface area (Å²) in [4.78, 5) is 9.69. The van der Waals surface area contributed by atoms with E-state index in [1.54, 1.807) is 0 Å². The number of aliphatic imine (C=N–C) groups is 1. The van der Waals surface area contributed by atoms with Crippen LogP contribution in [0.3, 0.4) is 0 Å². The molecule has 2 heterocycles. The first kappa shape index (κ1) is 28.2. The third kappa shape index (κ3) is 5.93. The van der Waals surface area contributed by atoms with Crippen molar-refractivity contribution in [1.29, 1.82) is 5.41 Å². The SMILES string of the molecule is C=CC1(CC(CC)Cc2nc(OC(=CN=C(C)C)CC)cc3c2C2C(C)=C(C)C=C(C(C)=N)C2NC3)CC1. The van der Waals surface area contributed by atoms with E-state index in [9.17, 15) is 0 Å². The summed E-state index contributed by atoms with van der Waals surface area (Å²) in [5.74, 6) is 2.19. The van der Waals surface area contributed by atoms with Gasteiger partial charge in [-0.1, -0.05) is 43.6 Å². The second-order valence-electron chi connectivity index (χ2n) is 11.8. The van der Waals surface area contributed by atoms with Crippen LogP contribution in [0.15, 0.2) is 58.5 Å². The van der Waals surface area contributed by atoms with Crippen molar-refractivity contribution in [3.05, 3.63) is 70.3 Å². The van der Waals surface area contributed by atoms with Crippen molar-refractivity contribution in [2.24, 2.45) is 16.3 Å². The number of pyridine rings is 1. The molecule has 1 fully saturated rings. The zero-order valence-corrected chi connectivity index (χ0v) is 24.5. The molecule has 0 aromatic carbocycles. The average Bonchev–Trinajstić information content (AvgIpc) is 3.67. The van der Waals surface area contributed by atoms with Crippen molar-refractivity contribution in [1.82, 2.24) is 10.3 Å². The topological polar surface area (TPSA) is 70.4 Å². The highest BCUT2D eigenvalue weighted by Crippen LogP contribution is 2.53. The highest BCUT2D eigenvalue weighted by Gasteiger charge is 2.42. The Morgan fingerprint density at radius 3 is 2.61 bits per heavy atom. The maximum atomic E-state index is 8.48. The maximum absolute atomic E-state index is 8.48. The van der Waals surface area contributed by atoms with Gasteiger partial charge in [0.25, 0.3) is 0 Å². The lowest BCUT2D eigenvalue weighted by atomic mass is 9.70. The molecule has 0 spiro atoms. The molecule has 38 heavy (non-hydrogen) atoms. The summed E-state index contributed by atoms with van der Waals surface area (Å²) in [5, 5.41) is 12.3. The minimum absolute atomic E-state index is 0.104. The zero-order valence-electron chi connectivity index (χ0n) is 24.5. The van der Waals surface area contributed by atoms with Crippen molar-refractivity contribution < 1.29 is 4.74 Å². The molecule has 1 saturated carbocycles. The van der Waals surface area contributed by atoms with Gasteiger partial charge in [0.15, 0.2) is 0 Å². The van der Waals surface area contributed by atoms with E-state index in [1.807, 2.05) is 27.0 Å². The lowest BCUT2D eigenvalue weighted by Gasteiger charge is -2.41. The van der Waals surface area contributed by atoms with Crippen LogP contribution < -0.4 is 10.1 Å². The Hall–Kier alpha value is -2.79. The highest BCUT2D eigenvalue weighted by molar-refractivity contribution is 5.98. The molecule has 1 aliphatic heterocycles. The molecule has 4 rings (SSSR count). The molecular weight excluding hydrogens is 468 g/mol. The fraction of sp³-hybridized carbons (Fsp3) is 0.545. The van der Waals surface area contributed by atoms with Gasteiger partial charge in [0.1, 0.15) is 5.76 Å². The second-order valence-corrected chi connectivity index (χ2v) is 11.8. The molecule has 204 valence electrons. The van der Waals surface area contributed by atoms with Crippen LogP contribution in [0.2, 0.25) is 0 Å². The Labute approximate surface area is 229 Å². The number of rotatable bonds is 11. The molecule has 0 radical (unpaired) electrons. The molecule has 1 aromatic rings. The molecule has 0 bridgehead atoms. The van der Waals surface area contributed by atoms with Gasteiger partial charge in [0.05, 0.1) is 6.20 Å². The zero-order chi connectivity index (χ0) is 27.6. The largest absolute Gasteiger partial charge is 0.442 e. The van der Waals surface area contributed by atoms with Crippen LogP contribution in [0.1, 0.15) is 103 Å². The molecule has 5 nitrogen and oxygen atoms in total. The summed E-state index contributed by atoms with van der Waals surface area (Å²) < 4.78 is 6.36. The van der Waals surface area contributed by atoms with Gasteiger partial charge in [0.2, 0.25) is 5.88 Å². The number of aromatic nitrogens is 1. The molecule has 3 atom stereocenters. The van der Waals surface area contributed by atoms with E-state index in [0.29, 0.717) is 22.9 Å². The molecule has 0 saturated heterocycles. The number of allylic oxidation sites excluding steroid dienone is 4. The van der Waals surface area contributed by atoms with Gasteiger partial charge in [0, 0.05) is 48.1 Å². The Morgan fingerprint density at radius 1 is 1.29 bits per heavy atom. The molecular formula is C33H46N4O. The summed E-state index contributed by atoms with van der Waals surface area (Å²) in [6.07, 6.45) is 12.7. The third-order valence-electron chi connectivity index (χ3n) is 8.72. The summed E-state index contributed by atoms with van der Waals surface area (Å²) >= 11 is 0. The molecule has 3 unspecified atom stereocenters. The van der Waals surface area contributed by atoms with Gasteiger partial charge in [-0.2, -0.15) is 0 Å². The van der Waals surface area contributed by atoms with Crippen LogP contribution in [0, 0.1) is 16.7 Å². The van der Waals surface area contributed by atoms with Crippen molar-refractivity contribution in [2.75, 3.05) is 0 Å². The van der Waals surface area contributed by atoms with Gasteiger partial charge >= 0.3 is 0 Å². The van der Waals surface area contributed by atoms with Crippen molar-refractivity contribution in [2.45, 2.75) is 105 Å². The highest BCUT2D eigenvalue weighted by atomic mass is 16.5. The number of fused-ring (bicyclic) bond motifs is 3. The van der Waals surface area contributed by atoms with E-state index < -0.39 is 0 Å². The number of ether oxygens (including phenoxy) is 1. The first-order chi connectivity index (χ1) is 18.1. The summed E-state index contributed by atoms with van der Waals surface area (Å²) in [6, 6.07) is 2.23. The summed E-state index contributed by atoms with van der Waals surface area (Å²) in [6.45, 7) is 19.6. The number of hydrogen-bond donors (Lipinski definition) is 2. The van der Waals surface area contributed by atoms with Crippen LogP contribution >= 0.6 is 0 Å². The fourth-order valence-electron chi connectivity index (χ4n) is 6.04. The van der Waals surface area contributed by atoms with Crippen LogP contribution in [0.4, 0.5) is 0 Å². The third-order valence-corrected chi connectivity index (χ3v) is 8.72. The fourth-order valence-corrected chi connectivity index (χ4v) is 6.04. The molecule has 2 aliphatic carbocycles. The van der Waals surface area contributed by atoms with E-state index in [2.05, 4.69) is 62.8 Å². The first-order valence-electron chi connectivity index (χ1n) is 14.3. The summed E-state index contributed by atoms with van der Waals surface area (Å²) in [5.41, 5.74) is 9.42. The normalized spacial score (nSPS) is 22.6. The number of nitrogens with zero attached hydrogens (tertiary/aromatic N) is 2. The lowest BCUT2D eigenvalue weighted by molar-refractivity contribution is 0.369. The molecule has 2 N–H and O–H groups in total. The first-order valence-corrected chi connectivity index (χ1v) is 14.3. The average molecular weight is 515 g/mol. The predicted molar refractivity (Wildman–Crippen MR) is 159 cm³/mol. The lowest BCUT2D eigenvalue weighted by Crippen LogP contribution is -2.45. The monoisotopic (exact) mass is 514 g/mol. The van der Waals surface area contributed by atoms with E-state index >= 15 is 0 Å². The van der Waals surface area contributed by atoms with Crippen LogP contribution in [0.5, 0.6) is 5.88 Å². The maximum Gasteiger partial charge on any atom is 0.219 e. The molecule has 1 aromatic heterocycles. The van der Waals surface area contributed by atoms with Crippen molar-refractivity contribution in [3.63, 3.8) is 0 Å². The van der Waals surface area contributed by atoms with Gasteiger partial charge in [-0.25, -0.2) is 4.98 Å². The van der Waals surface area contributed by atoms with E-state index in [-0.39, 0.29) is 12.0 Å². The minimum Gasteiger partial charge on any atom is -0.442 e. The Morgan fingerprint density at radius 2 is 2.03 bits per heavy atom. The second kappa shape index (κ2) is 11.5. The van der Waals surface area contributed by atoms with Crippen molar-refractivity contribution in [3.8, 4) is 5.88 Å². The smallest absolute Gasteiger partial charge is 0.219 e. The van der Waals surface area contributed by atoms with Gasteiger partial charge < -0.3 is 15.5 Å². The van der Waals surface area contributed by atoms with Crippen LogP contribution in [0.25, 0.3) is 0 Å². The van der Waals surface area contributed by atoms with Crippen LogP contribution in [-0.4, -0.2) is 22.4 Å². The van der Waals surface area contributed by atoms with Gasteiger partial charge in [-0.05, 0) is 88.3 Å². The number of hydrogen-bond acceptors (Lipinski definition) is 5. The Kier molecular flexibility index (Phi) is 8.56. The van der Waals surface area contributed by atoms with Gasteiger partial charge in [-0.3, -0.25) is 4.99 Å². The standard InChI is InChI=1S/C33H46N4O/c1-9-24(17-33(11-3)12-13-33)15-28-31-25(16-29(37-28)38-26(10-2)19-35-20(4)5)18-36-32-27(23(8)34)14-21(6)22(7)30(31)32/h11,14,16,19,24,30,32,34,36H,3,9-10,12-13,15,17-18H2,1-2,4-8H3. The summed E-state index contributed by atoms with van der Waals surface area (Å²) in [7, 11) is 0. The van der Waals surface area contributed by atoms with Crippen molar-refractivity contribution >= 4 is 11.4 Å². The Balaban J connectivity index is 1.80. The number of nitrogens with one attached hydrogen (secondary N) is 2.